The molecule has 2 aromatic heterocycles. The highest BCUT2D eigenvalue weighted by atomic mass is 16.5. The third-order valence-electron chi connectivity index (χ3n) is 6.33. The van der Waals surface area contributed by atoms with Gasteiger partial charge in [-0.1, -0.05) is 19.0 Å². The molecule has 1 unspecified atom stereocenters. The fraction of sp³-hybridized carbons (Fsp3) is 0.667. The van der Waals surface area contributed by atoms with Crippen LogP contribution in [0.15, 0.2) is 16.9 Å². The van der Waals surface area contributed by atoms with Crippen molar-refractivity contribution in [3.8, 4) is 0 Å². The molecule has 3 heterocycles. The molecule has 2 aliphatic rings. The summed E-state index contributed by atoms with van der Waals surface area (Å²) in [5.41, 5.74) is 0.694. The summed E-state index contributed by atoms with van der Waals surface area (Å²) >= 11 is 0. The first-order chi connectivity index (χ1) is 14.3. The SMILES string of the molecule is Cc1cnn(CCC(=O)N[C@@H]2CC3CN(C(=O)C(C)C)C[C@@]3(c3nc(C)no3)C2)c1. The number of amides is 2. The Balaban J connectivity index is 1.44. The van der Waals surface area contributed by atoms with Crippen molar-refractivity contribution in [3.63, 3.8) is 0 Å². The van der Waals surface area contributed by atoms with E-state index in [1.165, 1.54) is 0 Å². The molecular weight excluding hydrogens is 384 g/mol. The van der Waals surface area contributed by atoms with Crippen molar-refractivity contribution in [1.29, 1.82) is 0 Å². The maximum atomic E-state index is 12.6. The molecule has 9 heteroatoms. The predicted octanol–water partition coefficient (Wildman–Crippen LogP) is 1.60. The fourth-order valence-electron chi connectivity index (χ4n) is 4.95. The minimum Gasteiger partial charge on any atom is -0.353 e. The van der Waals surface area contributed by atoms with Crippen LogP contribution in [0, 0.1) is 25.7 Å². The standard InChI is InChI=1S/C21H30N6O3/c1-13(2)19(29)26-11-16-7-17(8-21(16,12-26)20-23-15(4)25-30-20)24-18(28)5-6-27-10-14(3)9-22-27/h9-10,13,16-17H,5-8,11-12H2,1-4H3,(H,24,28)/t16?,17-,21+/m1/s1. The van der Waals surface area contributed by atoms with Crippen molar-refractivity contribution < 1.29 is 14.1 Å². The molecule has 2 amide bonds. The first-order valence-corrected chi connectivity index (χ1v) is 10.6. The molecule has 162 valence electrons. The summed E-state index contributed by atoms with van der Waals surface area (Å²) in [7, 11) is 0. The Hall–Kier alpha value is -2.71. The second-order valence-electron chi connectivity index (χ2n) is 9.11. The molecule has 2 fully saturated rings. The molecule has 0 bridgehead atoms. The van der Waals surface area contributed by atoms with Crippen LogP contribution in [-0.4, -0.2) is 55.8 Å². The number of fused-ring (bicyclic) bond motifs is 1. The average Bonchev–Trinajstić information content (AvgIpc) is 3.43. The molecule has 4 rings (SSSR count). The Morgan fingerprint density at radius 3 is 2.80 bits per heavy atom. The monoisotopic (exact) mass is 414 g/mol. The Morgan fingerprint density at radius 2 is 2.17 bits per heavy atom. The van der Waals surface area contributed by atoms with Gasteiger partial charge in [-0.25, -0.2) is 0 Å². The summed E-state index contributed by atoms with van der Waals surface area (Å²) in [6, 6.07) is 0.0327. The third kappa shape index (κ3) is 3.85. The van der Waals surface area contributed by atoms with Crippen LogP contribution in [0.1, 0.15) is 50.4 Å². The van der Waals surface area contributed by atoms with E-state index in [-0.39, 0.29) is 35.1 Å². The molecule has 0 radical (unpaired) electrons. The third-order valence-corrected chi connectivity index (χ3v) is 6.33. The lowest BCUT2D eigenvalue weighted by Crippen LogP contribution is -2.40. The maximum Gasteiger partial charge on any atom is 0.235 e. The van der Waals surface area contributed by atoms with Crippen LogP contribution >= 0.6 is 0 Å². The van der Waals surface area contributed by atoms with Crippen LogP contribution in [0.3, 0.4) is 0 Å². The Labute approximate surface area is 176 Å². The molecule has 2 aromatic rings. The largest absolute Gasteiger partial charge is 0.353 e. The van der Waals surface area contributed by atoms with E-state index >= 15 is 0 Å². The Bertz CT molecular complexity index is 935. The molecule has 1 saturated heterocycles. The zero-order valence-corrected chi connectivity index (χ0v) is 18.1. The van der Waals surface area contributed by atoms with Crippen molar-refractivity contribution >= 4 is 11.8 Å². The van der Waals surface area contributed by atoms with Gasteiger partial charge in [0, 0.05) is 44.2 Å². The molecule has 0 aromatic carbocycles. The normalized spacial score (nSPS) is 25.7. The smallest absolute Gasteiger partial charge is 0.235 e. The van der Waals surface area contributed by atoms with Gasteiger partial charge in [-0.2, -0.15) is 10.1 Å². The summed E-state index contributed by atoms with van der Waals surface area (Å²) in [6.07, 6.45) is 5.60. The number of hydrogen-bond donors (Lipinski definition) is 1. The van der Waals surface area contributed by atoms with Gasteiger partial charge in [0.15, 0.2) is 5.82 Å². The fourth-order valence-corrected chi connectivity index (χ4v) is 4.95. The highest BCUT2D eigenvalue weighted by Gasteiger charge is 2.58. The Morgan fingerprint density at radius 1 is 1.37 bits per heavy atom. The van der Waals surface area contributed by atoms with E-state index < -0.39 is 0 Å². The molecule has 30 heavy (non-hydrogen) atoms. The van der Waals surface area contributed by atoms with Gasteiger partial charge in [0.05, 0.1) is 11.6 Å². The van der Waals surface area contributed by atoms with Crippen LogP contribution < -0.4 is 5.32 Å². The van der Waals surface area contributed by atoms with Gasteiger partial charge in [-0.3, -0.25) is 14.3 Å². The van der Waals surface area contributed by atoms with Crippen LogP contribution in [-0.2, 0) is 21.5 Å². The summed E-state index contributed by atoms with van der Waals surface area (Å²) < 4.78 is 7.37. The molecule has 0 spiro atoms. The van der Waals surface area contributed by atoms with Gasteiger partial charge in [0.2, 0.25) is 17.7 Å². The van der Waals surface area contributed by atoms with Crippen molar-refractivity contribution in [2.75, 3.05) is 13.1 Å². The number of hydrogen-bond acceptors (Lipinski definition) is 6. The van der Waals surface area contributed by atoms with E-state index in [9.17, 15) is 9.59 Å². The van der Waals surface area contributed by atoms with E-state index in [1.807, 2.05) is 31.9 Å². The lowest BCUT2D eigenvalue weighted by Gasteiger charge is -2.26. The average molecular weight is 415 g/mol. The molecule has 1 aliphatic heterocycles. The lowest BCUT2D eigenvalue weighted by molar-refractivity contribution is -0.134. The van der Waals surface area contributed by atoms with Gasteiger partial charge in [-0.05, 0) is 38.2 Å². The number of aromatic nitrogens is 4. The highest BCUT2D eigenvalue weighted by molar-refractivity contribution is 5.79. The zero-order valence-electron chi connectivity index (χ0n) is 18.1. The summed E-state index contributed by atoms with van der Waals surface area (Å²) in [6.45, 7) is 9.41. The van der Waals surface area contributed by atoms with Crippen LogP contribution in [0.2, 0.25) is 0 Å². The van der Waals surface area contributed by atoms with Crippen LogP contribution in [0.4, 0.5) is 0 Å². The number of carbonyl (C=O) groups is 2. The molecule has 1 saturated carbocycles. The van der Waals surface area contributed by atoms with Crippen LogP contribution in [0.5, 0.6) is 0 Å². The van der Waals surface area contributed by atoms with Crippen molar-refractivity contribution in [3.05, 3.63) is 29.7 Å². The minimum absolute atomic E-state index is 0.0140. The molecule has 1 aliphatic carbocycles. The number of carbonyl (C=O) groups excluding carboxylic acids is 2. The molecule has 9 nitrogen and oxygen atoms in total. The summed E-state index contributed by atoms with van der Waals surface area (Å²) in [4.78, 5) is 31.6. The molecular formula is C21H30N6O3. The van der Waals surface area contributed by atoms with Gasteiger partial charge < -0.3 is 14.7 Å². The van der Waals surface area contributed by atoms with E-state index in [1.54, 1.807) is 17.8 Å². The second-order valence-corrected chi connectivity index (χ2v) is 9.11. The van der Waals surface area contributed by atoms with E-state index in [0.717, 1.165) is 12.0 Å². The first-order valence-electron chi connectivity index (χ1n) is 10.6. The van der Waals surface area contributed by atoms with Gasteiger partial charge in [0.25, 0.3) is 0 Å². The molecule has 1 N–H and O–H groups in total. The second kappa shape index (κ2) is 7.85. The van der Waals surface area contributed by atoms with Crippen molar-refractivity contribution in [1.82, 2.24) is 30.1 Å². The number of nitrogens with zero attached hydrogens (tertiary/aromatic N) is 5. The molecule has 3 atom stereocenters. The number of nitrogens with one attached hydrogen (secondary N) is 1. The van der Waals surface area contributed by atoms with Gasteiger partial charge in [-0.15, -0.1) is 0 Å². The number of rotatable bonds is 6. The lowest BCUT2D eigenvalue weighted by atomic mass is 9.80. The van der Waals surface area contributed by atoms with Crippen molar-refractivity contribution in [2.24, 2.45) is 11.8 Å². The Kier molecular flexibility index (Phi) is 5.38. The van der Waals surface area contributed by atoms with E-state index in [0.29, 0.717) is 44.2 Å². The van der Waals surface area contributed by atoms with Crippen molar-refractivity contribution in [2.45, 2.75) is 65.0 Å². The first kappa shape index (κ1) is 20.6. The number of aryl methyl sites for hydroxylation is 3. The van der Waals surface area contributed by atoms with E-state index in [4.69, 9.17) is 4.52 Å². The van der Waals surface area contributed by atoms with Crippen LogP contribution in [0.25, 0.3) is 0 Å². The topological polar surface area (TPSA) is 106 Å². The van der Waals surface area contributed by atoms with Gasteiger partial charge in [0.1, 0.15) is 0 Å². The maximum absolute atomic E-state index is 12.6. The summed E-state index contributed by atoms with van der Waals surface area (Å²) in [5.74, 6) is 1.49. The number of likely N-dealkylation sites (tertiary alicyclic amines) is 1. The highest BCUT2D eigenvalue weighted by Crippen LogP contribution is 2.50. The zero-order chi connectivity index (χ0) is 21.5. The summed E-state index contributed by atoms with van der Waals surface area (Å²) in [5, 5.41) is 11.4. The van der Waals surface area contributed by atoms with E-state index in [2.05, 4.69) is 20.6 Å². The predicted molar refractivity (Wildman–Crippen MR) is 108 cm³/mol. The quantitative estimate of drug-likeness (QED) is 0.770. The minimum atomic E-state index is -0.386. The van der Waals surface area contributed by atoms with Gasteiger partial charge >= 0.3 is 0 Å².